The summed E-state index contributed by atoms with van der Waals surface area (Å²) in [7, 11) is 0. The highest BCUT2D eigenvalue weighted by atomic mass is 16.2. The molecule has 0 aliphatic carbocycles. The number of nitrogens with zero attached hydrogens (tertiary/aromatic N) is 2. The summed E-state index contributed by atoms with van der Waals surface area (Å²) in [4.78, 5) is 14.1. The van der Waals surface area contributed by atoms with Gasteiger partial charge in [0, 0.05) is 24.8 Å². The molecule has 1 unspecified atom stereocenters. The molecule has 1 saturated heterocycles. The Balaban J connectivity index is 2.18. The van der Waals surface area contributed by atoms with E-state index < -0.39 is 0 Å². The summed E-state index contributed by atoms with van der Waals surface area (Å²) in [5.74, 6) is 0.0545. The van der Waals surface area contributed by atoms with Gasteiger partial charge in [0.2, 0.25) is 0 Å². The highest BCUT2D eigenvalue weighted by molar-refractivity contribution is 5.96. The Bertz CT molecular complexity index is 379. The van der Waals surface area contributed by atoms with Gasteiger partial charge in [0.1, 0.15) is 0 Å². The quantitative estimate of drug-likeness (QED) is 0.730. The number of amides is 1. The number of piperidine rings is 1. The number of hydrogen-bond donors (Lipinski definition) is 2. The molecule has 1 fully saturated rings. The van der Waals surface area contributed by atoms with Gasteiger partial charge in [-0.2, -0.15) is 5.10 Å². The van der Waals surface area contributed by atoms with Crippen molar-refractivity contribution in [2.75, 3.05) is 13.1 Å². The van der Waals surface area contributed by atoms with Gasteiger partial charge in [0.15, 0.2) is 0 Å². The van der Waals surface area contributed by atoms with Gasteiger partial charge in [-0.3, -0.25) is 9.89 Å². The minimum atomic E-state index is 0.0545. The van der Waals surface area contributed by atoms with E-state index in [9.17, 15) is 4.79 Å². The summed E-state index contributed by atoms with van der Waals surface area (Å²) >= 11 is 0. The predicted octanol–water partition coefficient (Wildman–Crippen LogP) is 0.590. The maximum atomic E-state index is 12.3. The number of carbonyl (C=O) groups excluding carboxylic acids is 1. The lowest BCUT2D eigenvalue weighted by Crippen LogP contribution is -2.45. The molecule has 0 bridgehead atoms. The van der Waals surface area contributed by atoms with Crippen molar-refractivity contribution in [2.24, 2.45) is 5.73 Å². The maximum absolute atomic E-state index is 12.3. The van der Waals surface area contributed by atoms with Crippen molar-refractivity contribution >= 4 is 5.91 Å². The third-order valence-electron chi connectivity index (χ3n) is 3.09. The lowest BCUT2D eigenvalue weighted by atomic mass is 10.0. The fraction of sp³-hybridized carbons (Fsp3) is 0.636. The normalized spacial score (nSPS) is 21.2. The molecule has 5 heteroatoms. The molecule has 2 rings (SSSR count). The fourth-order valence-electron chi connectivity index (χ4n) is 2.22. The third kappa shape index (κ3) is 1.95. The number of likely N-dealkylation sites (tertiary alicyclic amines) is 1. The minimum absolute atomic E-state index is 0.0545. The lowest BCUT2D eigenvalue weighted by molar-refractivity contribution is 0.0707. The third-order valence-corrected chi connectivity index (χ3v) is 3.09. The molecule has 1 aliphatic rings. The van der Waals surface area contributed by atoms with Crippen LogP contribution in [0.2, 0.25) is 0 Å². The van der Waals surface area contributed by atoms with Crippen molar-refractivity contribution in [2.45, 2.75) is 32.7 Å². The van der Waals surface area contributed by atoms with Gasteiger partial charge in [0.05, 0.1) is 11.3 Å². The van der Waals surface area contributed by atoms with Gasteiger partial charge >= 0.3 is 0 Å². The van der Waals surface area contributed by atoms with E-state index in [1.165, 1.54) is 0 Å². The molecule has 0 aromatic carbocycles. The Morgan fingerprint density at radius 1 is 1.56 bits per heavy atom. The van der Waals surface area contributed by atoms with E-state index >= 15 is 0 Å². The van der Waals surface area contributed by atoms with Crippen molar-refractivity contribution < 1.29 is 4.79 Å². The van der Waals surface area contributed by atoms with Crippen LogP contribution in [0.1, 0.15) is 34.6 Å². The zero-order valence-electron chi connectivity index (χ0n) is 9.79. The molecule has 88 valence electrons. The zero-order valence-corrected chi connectivity index (χ0v) is 9.79. The molecule has 1 amide bonds. The van der Waals surface area contributed by atoms with Gasteiger partial charge < -0.3 is 10.6 Å². The topological polar surface area (TPSA) is 75.0 Å². The average molecular weight is 222 g/mol. The second-order valence-corrected chi connectivity index (χ2v) is 4.46. The van der Waals surface area contributed by atoms with Crippen molar-refractivity contribution in [3.8, 4) is 0 Å². The lowest BCUT2D eigenvalue weighted by Gasteiger charge is -2.30. The van der Waals surface area contributed by atoms with Gasteiger partial charge in [0.25, 0.3) is 5.91 Å². The molecule has 0 saturated carbocycles. The zero-order chi connectivity index (χ0) is 11.7. The number of hydrogen-bond acceptors (Lipinski definition) is 3. The molecule has 2 heterocycles. The molecule has 16 heavy (non-hydrogen) atoms. The Hall–Kier alpha value is -1.36. The summed E-state index contributed by atoms with van der Waals surface area (Å²) in [6, 6.07) is 0.116. The van der Waals surface area contributed by atoms with Crippen LogP contribution in [0.5, 0.6) is 0 Å². The van der Waals surface area contributed by atoms with Gasteiger partial charge in [-0.1, -0.05) is 0 Å². The molecule has 0 radical (unpaired) electrons. The van der Waals surface area contributed by atoms with Crippen LogP contribution in [0.3, 0.4) is 0 Å². The summed E-state index contributed by atoms with van der Waals surface area (Å²) < 4.78 is 0. The minimum Gasteiger partial charge on any atom is -0.337 e. The smallest absolute Gasteiger partial charge is 0.257 e. The Kier molecular flexibility index (Phi) is 2.96. The molecule has 5 nitrogen and oxygen atoms in total. The maximum Gasteiger partial charge on any atom is 0.257 e. The molecule has 1 aliphatic heterocycles. The first-order valence-corrected chi connectivity index (χ1v) is 5.66. The number of nitrogens with one attached hydrogen (secondary N) is 1. The number of rotatable bonds is 1. The van der Waals surface area contributed by atoms with E-state index in [-0.39, 0.29) is 11.9 Å². The van der Waals surface area contributed by atoms with Crippen molar-refractivity contribution in [1.29, 1.82) is 0 Å². The average Bonchev–Trinajstić information content (AvgIpc) is 2.58. The second-order valence-electron chi connectivity index (χ2n) is 4.46. The highest BCUT2D eigenvalue weighted by Gasteiger charge is 2.25. The molecular weight excluding hydrogens is 204 g/mol. The van der Waals surface area contributed by atoms with Crippen LogP contribution in [-0.2, 0) is 0 Å². The Morgan fingerprint density at radius 2 is 2.31 bits per heavy atom. The van der Waals surface area contributed by atoms with Gasteiger partial charge in [-0.25, -0.2) is 0 Å². The van der Waals surface area contributed by atoms with Crippen LogP contribution in [0.25, 0.3) is 0 Å². The largest absolute Gasteiger partial charge is 0.337 e. The van der Waals surface area contributed by atoms with E-state index in [4.69, 9.17) is 5.73 Å². The van der Waals surface area contributed by atoms with Crippen molar-refractivity contribution in [3.63, 3.8) is 0 Å². The van der Waals surface area contributed by atoms with E-state index in [0.29, 0.717) is 12.1 Å². The fourth-order valence-corrected chi connectivity index (χ4v) is 2.22. The van der Waals surface area contributed by atoms with E-state index in [2.05, 4.69) is 10.2 Å². The molecule has 1 aromatic heterocycles. The number of aromatic nitrogens is 2. The first-order valence-electron chi connectivity index (χ1n) is 5.66. The van der Waals surface area contributed by atoms with Crippen LogP contribution in [0.15, 0.2) is 0 Å². The summed E-state index contributed by atoms with van der Waals surface area (Å²) in [5, 5.41) is 6.89. The molecule has 1 aromatic rings. The van der Waals surface area contributed by atoms with E-state index in [1.54, 1.807) is 0 Å². The Morgan fingerprint density at radius 3 is 2.88 bits per heavy atom. The number of aromatic amines is 1. The molecular formula is C11H18N4O. The summed E-state index contributed by atoms with van der Waals surface area (Å²) in [6.07, 6.45) is 2.00. The van der Waals surface area contributed by atoms with Crippen molar-refractivity contribution in [3.05, 3.63) is 17.0 Å². The highest BCUT2D eigenvalue weighted by Crippen LogP contribution is 2.16. The first-order chi connectivity index (χ1) is 7.59. The summed E-state index contributed by atoms with van der Waals surface area (Å²) in [5.41, 5.74) is 8.18. The van der Waals surface area contributed by atoms with Crippen molar-refractivity contribution in [1.82, 2.24) is 15.1 Å². The Labute approximate surface area is 95.0 Å². The standard InChI is InChI=1S/C11H18N4O/c1-7-10(8(2)14-13-7)11(16)15-5-3-4-9(12)6-15/h9H,3-6,12H2,1-2H3,(H,13,14). The summed E-state index contributed by atoms with van der Waals surface area (Å²) in [6.45, 7) is 5.18. The number of aryl methyl sites for hydroxylation is 2. The monoisotopic (exact) mass is 222 g/mol. The molecule has 1 atom stereocenters. The van der Waals surface area contributed by atoms with Gasteiger partial charge in [-0.05, 0) is 26.7 Å². The van der Waals surface area contributed by atoms with Crippen LogP contribution in [0.4, 0.5) is 0 Å². The first kappa shape index (κ1) is 11.1. The number of H-pyrrole nitrogens is 1. The predicted molar refractivity (Wildman–Crippen MR) is 61.2 cm³/mol. The van der Waals surface area contributed by atoms with Crippen LogP contribution < -0.4 is 5.73 Å². The van der Waals surface area contributed by atoms with E-state index in [1.807, 2.05) is 18.7 Å². The van der Waals surface area contributed by atoms with E-state index in [0.717, 1.165) is 30.8 Å². The van der Waals surface area contributed by atoms with Crippen LogP contribution >= 0.6 is 0 Å². The van der Waals surface area contributed by atoms with Crippen LogP contribution in [-0.4, -0.2) is 40.1 Å². The number of carbonyl (C=O) groups is 1. The second kappa shape index (κ2) is 4.25. The molecule has 3 N–H and O–H groups in total. The van der Waals surface area contributed by atoms with Gasteiger partial charge in [-0.15, -0.1) is 0 Å². The SMILES string of the molecule is Cc1n[nH]c(C)c1C(=O)N1CCCC(N)C1. The van der Waals surface area contributed by atoms with Crippen LogP contribution in [0, 0.1) is 13.8 Å². The molecule has 0 spiro atoms. The number of nitrogens with two attached hydrogens (primary N) is 1.